The second-order valence-electron chi connectivity index (χ2n) is 14.0. The molecule has 0 aromatic heterocycles. The van der Waals surface area contributed by atoms with Gasteiger partial charge in [-0.2, -0.15) is 0 Å². The SMILES string of the molecule is CC.CC.CC.CC.CC.CC.Cc1c(C)c(NC(=O)CO)c(C)c(C(=O)N(C)CC(O)CO)c1C.Cc1c(NC(=O)C(O)C(O)CO)c(C)c(C(=O)N(C)CC(O)CO)c(C)c1C(=O)NCCNC=O. The molecule has 0 bridgehead atoms. The van der Waals surface area contributed by atoms with Crippen LogP contribution in [0.3, 0.4) is 0 Å². The zero-order valence-corrected chi connectivity index (χ0v) is 47.0. The summed E-state index contributed by atoms with van der Waals surface area (Å²) in [5, 5.41) is 84.9. The summed E-state index contributed by atoms with van der Waals surface area (Å²) in [7, 11) is 2.94. The van der Waals surface area contributed by atoms with Crippen molar-refractivity contribution in [1.29, 1.82) is 0 Å². The number of hydrogen-bond donors (Lipinski definition) is 12. The smallest absolute Gasteiger partial charge is 0.256 e. The maximum Gasteiger partial charge on any atom is 0.256 e. The van der Waals surface area contributed by atoms with Gasteiger partial charge < -0.3 is 71.9 Å². The number of carbonyl (C=O) groups excluding carboxylic acids is 6. The zero-order chi connectivity index (χ0) is 57.5. The molecule has 20 nitrogen and oxygen atoms in total. The largest absolute Gasteiger partial charge is 0.394 e. The van der Waals surface area contributed by atoms with Gasteiger partial charge >= 0.3 is 0 Å². The van der Waals surface area contributed by atoms with Crippen molar-refractivity contribution in [3.63, 3.8) is 0 Å². The summed E-state index contributed by atoms with van der Waals surface area (Å²) in [4.78, 5) is 76.0. The van der Waals surface area contributed by atoms with Crippen molar-refractivity contribution >= 4 is 47.3 Å². The Morgan fingerprint density at radius 2 is 0.887 bits per heavy atom. The highest BCUT2D eigenvalue weighted by molar-refractivity contribution is 6.08. The lowest BCUT2D eigenvalue weighted by molar-refractivity contribution is -0.131. The van der Waals surface area contributed by atoms with Gasteiger partial charge in [-0.3, -0.25) is 28.8 Å². The van der Waals surface area contributed by atoms with Crippen LogP contribution in [-0.4, -0.2) is 178 Å². The molecule has 0 heterocycles. The molecule has 0 aliphatic carbocycles. The molecule has 414 valence electrons. The van der Waals surface area contributed by atoms with Crippen LogP contribution >= 0.6 is 0 Å². The first-order valence-electron chi connectivity index (χ1n) is 24.5. The maximum atomic E-state index is 13.3. The number of hydrogen-bond acceptors (Lipinski definition) is 14. The number of carbonyl (C=O) groups is 6. The van der Waals surface area contributed by atoms with Crippen LogP contribution in [0.5, 0.6) is 0 Å². The lowest BCUT2D eigenvalue weighted by Crippen LogP contribution is -2.41. The van der Waals surface area contributed by atoms with E-state index < -0.39 is 74.5 Å². The van der Waals surface area contributed by atoms with Crippen molar-refractivity contribution < 1.29 is 69.6 Å². The topological polar surface area (TPSA) is 319 Å². The summed E-state index contributed by atoms with van der Waals surface area (Å²) >= 11 is 0. The van der Waals surface area contributed by atoms with Gasteiger partial charge in [-0.05, 0) is 87.4 Å². The van der Waals surface area contributed by atoms with E-state index in [2.05, 4.69) is 21.3 Å². The van der Waals surface area contributed by atoms with Gasteiger partial charge in [0, 0.05) is 68.3 Å². The van der Waals surface area contributed by atoms with Gasteiger partial charge in [0.25, 0.3) is 23.6 Å². The molecule has 71 heavy (non-hydrogen) atoms. The highest BCUT2D eigenvalue weighted by Crippen LogP contribution is 2.33. The Kier molecular flexibility index (Phi) is 48.9. The van der Waals surface area contributed by atoms with Crippen molar-refractivity contribution in [1.82, 2.24) is 20.4 Å². The van der Waals surface area contributed by atoms with Crippen molar-refractivity contribution in [3.05, 3.63) is 55.6 Å². The molecule has 0 aliphatic heterocycles. The number of rotatable bonds is 19. The quantitative estimate of drug-likeness (QED) is 0.0707. The predicted molar refractivity (Wildman–Crippen MR) is 284 cm³/mol. The minimum Gasteiger partial charge on any atom is -0.394 e. The Morgan fingerprint density at radius 3 is 1.25 bits per heavy atom. The Morgan fingerprint density at radius 1 is 0.507 bits per heavy atom. The van der Waals surface area contributed by atoms with Crippen LogP contribution in [0, 0.1) is 48.5 Å². The molecule has 4 atom stereocenters. The molecular formula is C51H96N6O14. The molecule has 0 fully saturated rings. The minimum absolute atomic E-state index is 0.000526. The van der Waals surface area contributed by atoms with Crippen LogP contribution < -0.4 is 21.3 Å². The third kappa shape index (κ3) is 25.2. The first-order chi connectivity index (χ1) is 33.6. The Labute approximate surface area is 425 Å². The molecular weight excluding hydrogens is 921 g/mol. The summed E-state index contributed by atoms with van der Waals surface area (Å²) in [5.41, 5.74) is 5.02. The number of nitrogens with one attached hydrogen (secondary N) is 4. The average molecular weight is 1020 g/mol. The number of nitrogens with zero attached hydrogens (tertiary/aromatic N) is 2. The van der Waals surface area contributed by atoms with E-state index in [-0.39, 0.29) is 65.6 Å². The van der Waals surface area contributed by atoms with Crippen molar-refractivity contribution in [2.24, 2.45) is 0 Å². The van der Waals surface area contributed by atoms with Crippen LogP contribution in [0.4, 0.5) is 11.4 Å². The zero-order valence-electron chi connectivity index (χ0n) is 47.0. The average Bonchev–Trinajstić information content (AvgIpc) is 3.39. The predicted octanol–water partition coefficient (Wildman–Crippen LogP) is 3.60. The number of amides is 6. The molecule has 20 heteroatoms. The summed E-state index contributed by atoms with van der Waals surface area (Å²) < 4.78 is 0. The first kappa shape index (κ1) is 77.4. The Bertz CT molecular complexity index is 1840. The van der Waals surface area contributed by atoms with Crippen LogP contribution in [0.25, 0.3) is 0 Å². The van der Waals surface area contributed by atoms with E-state index in [1.54, 1.807) is 14.0 Å². The van der Waals surface area contributed by atoms with Gasteiger partial charge in [0.2, 0.25) is 12.3 Å². The lowest BCUT2D eigenvalue weighted by Gasteiger charge is -2.26. The summed E-state index contributed by atoms with van der Waals surface area (Å²) in [6.45, 7) is 33.4. The number of aliphatic hydroxyl groups is 8. The van der Waals surface area contributed by atoms with Crippen LogP contribution in [0.15, 0.2) is 0 Å². The van der Waals surface area contributed by atoms with Gasteiger partial charge in [0.1, 0.15) is 12.7 Å². The van der Waals surface area contributed by atoms with E-state index in [9.17, 15) is 49.2 Å². The molecule has 0 spiro atoms. The van der Waals surface area contributed by atoms with Crippen molar-refractivity contribution in [2.75, 3.05) is 77.3 Å². The molecule has 0 saturated heterocycles. The molecule has 4 unspecified atom stereocenters. The minimum atomic E-state index is -1.98. The van der Waals surface area contributed by atoms with E-state index in [1.807, 2.05) is 104 Å². The molecule has 12 N–H and O–H groups in total. The molecule has 2 aromatic rings. The van der Waals surface area contributed by atoms with E-state index in [4.69, 9.17) is 20.4 Å². The molecule has 2 rings (SSSR count). The second-order valence-corrected chi connectivity index (χ2v) is 14.0. The van der Waals surface area contributed by atoms with Gasteiger partial charge in [0.05, 0.1) is 32.0 Å². The van der Waals surface area contributed by atoms with Gasteiger partial charge in [0.15, 0.2) is 6.10 Å². The van der Waals surface area contributed by atoms with Gasteiger partial charge in [-0.15, -0.1) is 0 Å². The fourth-order valence-corrected chi connectivity index (χ4v) is 6.26. The second kappa shape index (κ2) is 44.8. The highest BCUT2D eigenvalue weighted by Gasteiger charge is 2.31. The molecule has 0 radical (unpaired) electrons. The van der Waals surface area contributed by atoms with E-state index in [0.29, 0.717) is 23.2 Å². The van der Waals surface area contributed by atoms with Crippen LogP contribution in [0.1, 0.15) is 153 Å². The summed E-state index contributed by atoms with van der Waals surface area (Å²) in [6.07, 6.45) is -5.46. The van der Waals surface area contributed by atoms with Crippen LogP contribution in [-0.2, 0) is 14.4 Å². The maximum absolute atomic E-state index is 13.3. The third-order valence-electron chi connectivity index (χ3n) is 9.73. The van der Waals surface area contributed by atoms with Crippen LogP contribution in [0.2, 0.25) is 0 Å². The van der Waals surface area contributed by atoms with Gasteiger partial charge in [-0.1, -0.05) is 83.1 Å². The monoisotopic (exact) mass is 1020 g/mol. The number of anilines is 2. The molecule has 2 aromatic carbocycles. The summed E-state index contributed by atoms with van der Waals surface area (Å²) in [6, 6.07) is 0. The highest BCUT2D eigenvalue weighted by atomic mass is 16.4. The number of benzene rings is 2. The fourth-order valence-electron chi connectivity index (χ4n) is 6.26. The van der Waals surface area contributed by atoms with Crippen molar-refractivity contribution in [3.8, 4) is 0 Å². The first-order valence-corrected chi connectivity index (χ1v) is 24.5. The van der Waals surface area contributed by atoms with E-state index in [1.165, 1.54) is 32.7 Å². The number of likely N-dealkylation sites (N-methyl/N-ethyl adjacent to an activating group) is 2. The standard InChI is InChI=1S/C22H34N4O9.C17H26N2O5.6C2H6/c1-11-16(20(33)24-6-5-23-10-29)12(2)18(25-21(34)19(32)15(31)9-28)13(3)17(11)22(35)26(4)7-14(30)8-27;1-9-10(2)15(17(24)19(5)6-13(22)7-20)12(4)16(11(9)3)18-14(23)8-21;6*1-2/h10,14-15,19,27-28,30-32H,5-9H2,1-4H3,(H,23,29)(H,24,33)(H,25,34);13,20-22H,6-8H2,1-5H3,(H,18,23);6*1-2H3. The van der Waals surface area contributed by atoms with Gasteiger partial charge in [-0.25, -0.2) is 0 Å². The third-order valence-corrected chi connectivity index (χ3v) is 9.73. The van der Waals surface area contributed by atoms with E-state index >= 15 is 0 Å². The molecule has 0 saturated carbocycles. The molecule has 0 aliphatic rings. The Balaban J connectivity index is -0.000000255. The summed E-state index contributed by atoms with van der Waals surface area (Å²) in [5.74, 6) is -3.11. The molecule has 6 amide bonds. The normalized spacial score (nSPS) is 11.2. The van der Waals surface area contributed by atoms with E-state index in [0.717, 1.165) is 21.6 Å². The van der Waals surface area contributed by atoms with Crippen molar-refractivity contribution in [2.45, 2.75) is 156 Å². The lowest BCUT2D eigenvalue weighted by atomic mass is 9.89. The number of aliphatic hydroxyl groups excluding tert-OH is 8. The Hall–Kier alpha value is -5.06. The fraction of sp³-hybridized carbons (Fsp3) is 0.647.